The van der Waals surface area contributed by atoms with E-state index in [0.29, 0.717) is 0 Å². The molecule has 50 heavy (non-hydrogen) atoms. The molecule has 1 heterocycles. The second-order valence-corrected chi connectivity index (χ2v) is 13.0. The van der Waals surface area contributed by atoms with Gasteiger partial charge in [-0.3, -0.25) is 9.97 Å². The van der Waals surface area contributed by atoms with Crippen LogP contribution in [0.2, 0.25) is 0 Å². The van der Waals surface area contributed by atoms with Gasteiger partial charge in [0.25, 0.3) is 0 Å². The Labute approximate surface area is 290 Å². The Hall–Kier alpha value is -6.64. The molecule has 0 aliphatic heterocycles. The van der Waals surface area contributed by atoms with Gasteiger partial charge in [0.2, 0.25) is 0 Å². The molecule has 9 aromatic carbocycles. The number of aromatic nitrogens is 2. The molecule has 0 atom stereocenters. The number of fused-ring (bicyclic) bond motifs is 8. The molecule has 0 aliphatic carbocycles. The van der Waals surface area contributed by atoms with Gasteiger partial charge < -0.3 is 0 Å². The van der Waals surface area contributed by atoms with Crippen LogP contribution in [0, 0.1) is 0 Å². The Morgan fingerprint density at radius 1 is 0.260 bits per heavy atom. The fourth-order valence-electron chi connectivity index (χ4n) is 7.73. The van der Waals surface area contributed by atoms with Crippen LogP contribution < -0.4 is 0 Å². The van der Waals surface area contributed by atoms with Crippen LogP contribution in [0.15, 0.2) is 182 Å². The Balaban J connectivity index is 1.10. The van der Waals surface area contributed by atoms with Crippen molar-refractivity contribution < 1.29 is 0 Å². The van der Waals surface area contributed by atoms with Gasteiger partial charge in [0.05, 0.1) is 11.0 Å². The summed E-state index contributed by atoms with van der Waals surface area (Å²) in [5, 5.41) is 9.60. The molecule has 10 rings (SSSR count). The Kier molecular flexibility index (Phi) is 6.53. The minimum absolute atomic E-state index is 0.920. The number of benzene rings is 9. The Bertz CT molecular complexity index is 2710. The average Bonchev–Trinajstić information content (AvgIpc) is 3.20. The maximum atomic E-state index is 4.92. The second kappa shape index (κ2) is 11.5. The first kappa shape index (κ1) is 28.4. The summed E-state index contributed by atoms with van der Waals surface area (Å²) in [6.07, 6.45) is 3.61. The SMILES string of the molecule is c1cc(-c2ccc3c4ccc(-c5cccc(-c6cccc7ccccc67)c5)cc4c4nccnc4c3c2)cc(-c2cccc3ccccc23)c1. The topological polar surface area (TPSA) is 25.8 Å². The summed E-state index contributed by atoms with van der Waals surface area (Å²) < 4.78 is 0. The third-order valence-electron chi connectivity index (χ3n) is 10.1. The van der Waals surface area contributed by atoms with Gasteiger partial charge in [0, 0.05) is 23.2 Å². The van der Waals surface area contributed by atoms with Gasteiger partial charge in [-0.05, 0) is 101 Å². The van der Waals surface area contributed by atoms with Gasteiger partial charge in [-0.15, -0.1) is 0 Å². The van der Waals surface area contributed by atoms with E-state index in [1.54, 1.807) is 12.4 Å². The van der Waals surface area contributed by atoms with Crippen molar-refractivity contribution in [2.75, 3.05) is 0 Å². The van der Waals surface area contributed by atoms with Gasteiger partial charge >= 0.3 is 0 Å². The van der Waals surface area contributed by atoms with Crippen molar-refractivity contribution in [1.82, 2.24) is 9.97 Å². The smallest absolute Gasteiger partial charge is 0.0971 e. The number of nitrogens with zero attached hydrogens (tertiary/aromatic N) is 2. The molecular formula is C48H30N2. The summed E-state index contributed by atoms with van der Waals surface area (Å²) in [5.41, 5.74) is 11.4. The molecule has 0 fully saturated rings. The van der Waals surface area contributed by atoms with Crippen LogP contribution in [0.3, 0.4) is 0 Å². The number of rotatable bonds is 4. The molecule has 232 valence electrons. The van der Waals surface area contributed by atoms with E-state index in [4.69, 9.17) is 9.97 Å². The lowest BCUT2D eigenvalue weighted by Crippen LogP contribution is -1.90. The van der Waals surface area contributed by atoms with Crippen molar-refractivity contribution in [2.45, 2.75) is 0 Å². The highest BCUT2D eigenvalue weighted by Crippen LogP contribution is 2.39. The zero-order valence-electron chi connectivity index (χ0n) is 27.2. The molecule has 0 amide bonds. The maximum absolute atomic E-state index is 4.92. The first-order valence-electron chi connectivity index (χ1n) is 17.1. The van der Waals surface area contributed by atoms with Gasteiger partial charge in [-0.2, -0.15) is 0 Å². The third-order valence-corrected chi connectivity index (χ3v) is 10.1. The van der Waals surface area contributed by atoms with Crippen molar-refractivity contribution in [3.8, 4) is 44.5 Å². The van der Waals surface area contributed by atoms with E-state index in [0.717, 1.165) is 32.9 Å². The van der Waals surface area contributed by atoms with Crippen LogP contribution in [-0.4, -0.2) is 9.97 Å². The first-order chi connectivity index (χ1) is 24.8. The lowest BCUT2D eigenvalue weighted by atomic mass is 9.91. The largest absolute Gasteiger partial charge is 0.252 e. The Morgan fingerprint density at radius 3 is 1.16 bits per heavy atom. The highest BCUT2D eigenvalue weighted by Gasteiger charge is 2.14. The molecule has 0 spiro atoms. The van der Waals surface area contributed by atoms with Gasteiger partial charge in [0.1, 0.15) is 0 Å². The number of hydrogen-bond donors (Lipinski definition) is 0. The average molecular weight is 635 g/mol. The first-order valence-corrected chi connectivity index (χ1v) is 17.1. The van der Waals surface area contributed by atoms with E-state index in [9.17, 15) is 0 Å². The molecule has 2 nitrogen and oxygen atoms in total. The quantitative estimate of drug-likeness (QED) is 0.180. The van der Waals surface area contributed by atoms with Crippen LogP contribution in [0.5, 0.6) is 0 Å². The molecular weight excluding hydrogens is 605 g/mol. The summed E-state index contributed by atoms with van der Waals surface area (Å²) in [6.45, 7) is 0. The zero-order valence-corrected chi connectivity index (χ0v) is 27.2. The third kappa shape index (κ3) is 4.65. The maximum Gasteiger partial charge on any atom is 0.0971 e. The molecule has 0 saturated heterocycles. The van der Waals surface area contributed by atoms with Gasteiger partial charge in [-0.25, -0.2) is 0 Å². The molecule has 0 saturated carbocycles. The molecule has 0 unspecified atom stereocenters. The monoisotopic (exact) mass is 634 g/mol. The summed E-state index contributed by atoms with van der Waals surface area (Å²) in [7, 11) is 0. The van der Waals surface area contributed by atoms with Crippen molar-refractivity contribution in [3.63, 3.8) is 0 Å². The standard InChI is InChI=1S/C48H30N2/c1-3-17-39-31(9-1)11-7-19-41(39)37-15-5-13-33(27-37)35-21-23-43-44-24-22-36(30-46(44)48-47(45(43)29-35)49-25-26-50-48)34-14-6-16-38(28-34)42-20-8-12-32-10-2-4-18-40(32)42/h1-30H. The predicted octanol–water partition coefficient (Wildman–Crippen LogP) is 12.9. The summed E-state index contributed by atoms with van der Waals surface area (Å²) in [6, 6.07) is 61.5. The summed E-state index contributed by atoms with van der Waals surface area (Å²) in [4.78, 5) is 9.83. The lowest BCUT2D eigenvalue weighted by molar-refractivity contribution is 1.31. The highest BCUT2D eigenvalue weighted by molar-refractivity contribution is 6.24. The summed E-state index contributed by atoms with van der Waals surface area (Å²) >= 11 is 0. The number of hydrogen-bond acceptors (Lipinski definition) is 2. The molecule has 10 aromatic rings. The van der Waals surface area contributed by atoms with E-state index in [2.05, 4.69) is 170 Å². The molecule has 0 aliphatic rings. The minimum atomic E-state index is 0.920. The molecule has 2 heteroatoms. The van der Waals surface area contributed by atoms with Crippen molar-refractivity contribution in [2.24, 2.45) is 0 Å². The Morgan fingerprint density at radius 2 is 0.660 bits per heavy atom. The van der Waals surface area contributed by atoms with Crippen LogP contribution in [0.4, 0.5) is 0 Å². The molecule has 0 bridgehead atoms. The molecule has 1 aromatic heterocycles. The van der Waals surface area contributed by atoms with Crippen LogP contribution in [-0.2, 0) is 0 Å². The molecule has 0 N–H and O–H groups in total. The normalized spacial score (nSPS) is 11.6. The van der Waals surface area contributed by atoms with E-state index in [1.807, 2.05) is 0 Å². The van der Waals surface area contributed by atoms with Crippen molar-refractivity contribution in [3.05, 3.63) is 182 Å². The van der Waals surface area contributed by atoms with Crippen molar-refractivity contribution >= 4 is 54.1 Å². The molecule has 0 radical (unpaired) electrons. The second-order valence-electron chi connectivity index (χ2n) is 13.0. The summed E-state index contributed by atoms with van der Waals surface area (Å²) in [5.74, 6) is 0. The highest BCUT2D eigenvalue weighted by atomic mass is 14.8. The minimum Gasteiger partial charge on any atom is -0.252 e. The van der Waals surface area contributed by atoms with Crippen LogP contribution >= 0.6 is 0 Å². The predicted molar refractivity (Wildman–Crippen MR) is 211 cm³/mol. The van der Waals surface area contributed by atoms with Crippen molar-refractivity contribution in [1.29, 1.82) is 0 Å². The zero-order chi connectivity index (χ0) is 33.0. The lowest BCUT2D eigenvalue weighted by Gasteiger charge is -2.14. The van der Waals surface area contributed by atoms with Crippen LogP contribution in [0.1, 0.15) is 0 Å². The van der Waals surface area contributed by atoms with Gasteiger partial charge in [-0.1, -0.05) is 146 Å². The van der Waals surface area contributed by atoms with E-state index in [-0.39, 0.29) is 0 Å². The van der Waals surface area contributed by atoms with E-state index < -0.39 is 0 Å². The fraction of sp³-hybridized carbons (Fsp3) is 0. The fourth-order valence-corrected chi connectivity index (χ4v) is 7.73. The van der Waals surface area contributed by atoms with Crippen LogP contribution in [0.25, 0.3) is 98.6 Å². The van der Waals surface area contributed by atoms with E-state index >= 15 is 0 Å². The van der Waals surface area contributed by atoms with E-state index in [1.165, 1.54) is 65.7 Å². The van der Waals surface area contributed by atoms with Gasteiger partial charge in [0.15, 0.2) is 0 Å².